The number of carbonyl (C=O) groups excluding carboxylic acids is 1. The minimum absolute atomic E-state index is 0.0981. The molecule has 0 aliphatic carbocycles. The van der Waals surface area contributed by atoms with Gasteiger partial charge in [-0.15, -0.1) is 0 Å². The average molecular weight is 391 g/mol. The van der Waals surface area contributed by atoms with Gasteiger partial charge in [0.05, 0.1) is 12.2 Å². The van der Waals surface area contributed by atoms with E-state index in [1.54, 1.807) is 49.2 Å². The molecule has 0 aliphatic heterocycles. The first-order valence-electron chi connectivity index (χ1n) is 8.91. The summed E-state index contributed by atoms with van der Waals surface area (Å²) in [6, 6.07) is 12.1. The minimum Gasteiger partial charge on any atom is -0.355 e. The first-order valence-corrected chi connectivity index (χ1v) is 10.4. The highest BCUT2D eigenvalue weighted by Crippen LogP contribution is 2.23. The number of nitrogens with zero attached hydrogens (tertiary/aromatic N) is 3. The third-order valence-electron chi connectivity index (χ3n) is 3.98. The van der Waals surface area contributed by atoms with Crippen LogP contribution >= 0.6 is 0 Å². The van der Waals surface area contributed by atoms with E-state index in [0.717, 1.165) is 6.42 Å². The van der Waals surface area contributed by atoms with Gasteiger partial charge in [0.25, 0.3) is 10.0 Å². The smallest absolute Gasteiger partial charge is 0.265 e. The standard InChI is InChI=1S/C19H26N4O3S/c1-4-13-20-19(24)15-22(3)18-12-11-17(14-21-18)27(25,26)23(5-2)16-9-7-6-8-10-16/h6-12,14H,4-5,13,15H2,1-3H3,(H,20,24). The lowest BCUT2D eigenvalue weighted by molar-refractivity contribution is -0.119. The van der Waals surface area contributed by atoms with E-state index in [2.05, 4.69) is 10.3 Å². The molecule has 27 heavy (non-hydrogen) atoms. The largest absolute Gasteiger partial charge is 0.355 e. The summed E-state index contributed by atoms with van der Waals surface area (Å²) in [6.07, 6.45) is 2.20. The molecule has 146 valence electrons. The molecular formula is C19H26N4O3S. The molecule has 0 aliphatic rings. The van der Waals surface area contributed by atoms with Gasteiger partial charge in [0.1, 0.15) is 10.7 Å². The van der Waals surface area contributed by atoms with Crippen LogP contribution in [0.5, 0.6) is 0 Å². The first kappa shape index (κ1) is 20.7. The van der Waals surface area contributed by atoms with Crippen LogP contribution in [0.1, 0.15) is 20.3 Å². The van der Waals surface area contributed by atoms with Crippen LogP contribution in [0.3, 0.4) is 0 Å². The maximum Gasteiger partial charge on any atom is 0.265 e. The number of nitrogens with one attached hydrogen (secondary N) is 1. The number of pyridine rings is 1. The summed E-state index contributed by atoms with van der Waals surface area (Å²) in [4.78, 5) is 17.8. The van der Waals surface area contributed by atoms with Crippen molar-refractivity contribution in [3.63, 3.8) is 0 Å². The van der Waals surface area contributed by atoms with E-state index >= 15 is 0 Å². The normalized spacial score (nSPS) is 11.1. The lowest BCUT2D eigenvalue weighted by atomic mass is 10.3. The summed E-state index contributed by atoms with van der Waals surface area (Å²) >= 11 is 0. The van der Waals surface area contributed by atoms with E-state index in [9.17, 15) is 13.2 Å². The monoisotopic (exact) mass is 390 g/mol. The van der Waals surface area contributed by atoms with Crippen molar-refractivity contribution in [3.8, 4) is 0 Å². The second kappa shape index (κ2) is 9.36. The lowest BCUT2D eigenvalue weighted by Gasteiger charge is -2.23. The van der Waals surface area contributed by atoms with Gasteiger partial charge in [0.2, 0.25) is 5.91 Å². The zero-order valence-corrected chi connectivity index (χ0v) is 16.7. The van der Waals surface area contributed by atoms with Crippen LogP contribution in [0.2, 0.25) is 0 Å². The molecule has 7 nitrogen and oxygen atoms in total. The van der Waals surface area contributed by atoms with E-state index in [1.807, 2.05) is 13.0 Å². The zero-order valence-electron chi connectivity index (χ0n) is 15.9. The van der Waals surface area contributed by atoms with Crippen molar-refractivity contribution in [3.05, 3.63) is 48.7 Å². The van der Waals surface area contributed by atoms with Crippen molar-refractivity contribution in [2.45, 2.75) is 25.2 Å². The summed E-state index contributed by atoms with van der Waals surface area (Å²) in [5, 5.41) is 2.80. The fraction of sp³-hybridized carbons (Fsp3) is 0.368. The first-order chi connectivity index (χ1) is 12.9. The molecular weight excluding hydrogens is 364 g/mol. The van der Waals surface area contributed by atoms with Gasteiger partial charge >= 0.3 is 0 Å². The number of anilines is 2. The molecule has 1 amide bonds. The highest BCUT2D eigenvalue weighted by Gasteiger charge is 2.24. The molecule has 0 bridgehead atoms. The molecule has 0 radical (unpaired) electrons. The van der Waals surface area contributed by atoms with Crippen molar-refractivity contribution in [1.82, 2.24) is 10.3 Å². The highest BCUT2D eigenvalue weighted by atomic mass is 32.2. The summed E-state index contributed by atoms with van der Waals surface area (Å²) in [5.41, 5.74) is 0.605. The van der Waals surface area contributed by atoms with Crippen molar-refractivity contribution in [2.24, 2.45) is 0 Å². The molecule has 1 aromatic heterocycles. The molecule has 8 heteroatoms. The van der Waals surface area contributed by atoms with Crippen LogP contribution in [-0.2, 0) is 14.8 Å². The Kier molecular flexibility index (Phi) is 7.18. The van der Waals surface area contributed by atoms with E-state index in [0.29, 0.717) is 24.6 Å². The molecule has 0 atom stereocenters. The highest BCUT2D eigenvalue weighted by molar-refractivity contribution is 7.92. The van der Waals surface area contributed by atoms with Crippen molar-refractivity contribution >= 4 is 27.4 Å². The van der Waals surface area contributed by atoms with Gasteiger partial charge in [-0.3, -0.25) is 9.10 Å². The number of hydrogen-bond acceptors (Lipinski definition) is 5. The summed E-state index contributed by atoms with van der Waals surface area (Å²) in [7, 11) is -1.97. The number of carbonyl (C=O) groups is 1. The Balaban J connectivity index is 2.16. The third kappa shape index (κ3) is 5.19. The molecule has 1 N–H and O–H groups in total. The van der Waals surface area contributed by atoms with E-state index < -0.39 is 10.0 Å². The van der Waals surface area contributed by atoms with Crippen LogP contribution in [-0.4, -0.2) is 46.0 Å². The zero-order chi connectivity index (χ0) is 19.9. The van der Waals surface area contributed by atoms with Gasteiger partial charge < -0.3 is 10.2 Å². The van der Waals surface area contributed by atoms with Gasteiger partial charge in [0.15, 0.2) is 0 Å². The number of rotatable bonds is 9. The van der Waals surface area contributed by atoms with Crippen molar-refractivity contribution in [2.75, 3.05) is 35.9 Å². The molecule has 1 heterocycles. The van der Waals surface area contributed by atoms with Gasteiger partial charge in [-0.1, -0.05) is 25.1 Å². The number of hydrogen-bond donors (Lipinski definition) is 1. The number of aromatic nitrogens is 1. The molecule has 0 fully saturated rings. The van der Waals surface area contributed by atoms with E-state index in [-0.39, 0.29) is 17.3 Å². The van der Waals surface area contributed by atoms with Gasteiger partial charge in [0, 0.05) is 26.3 Å². The number of para-hydroxylation sites is 1. The van der Waals surface area contributed by atoms with Gasteiger partial charge in [-0.05, 0) is 37.6 Å². The Morgan fingerprint density at radius 2 is 1.81 bits per heavy atom. The fourth-order valence-corrected chi connectivity index (χ4v) is 4.00. The summed E-state index contributed by atoms with van der Waals surface area (Å²) in [5.74, 6) is 0.433. The minimum atomic E-state index is -3.71. The maximum atomic E-state index is 12.9. The number of sulfonamides is 1. The molecule has 1 aromatic carbocycles. The SMILES string of the molecule is CCCNC(=O)CN(C)c1ccc(S(=O)(=O)N(CC)c2ccccc2)cn1. The average Bonchev–Trinajstić information content (AvgIpc) is 2.67. The van der Waals surface area contributed by atoms with Crippen LogP contribution in [0.25, 0.3) is 0 Å². The summed E-state index contributed by atoms with van der Waals surface area (Å²) < 4.78 is 27.2. The van der Waals surface area contributed by atoms with Gasteiger partial charge in [-0.2, -0.15) is 0 Å². The number of benzene rings is 1. The topological polar surface area (TPSA) is 82.6 Å². The fourth-order valence-electron chi connectivity index (χ4n) is 2.58. The van der Waals surface area contributed by atoms with Crippen LogP contribution in [0.15, 0.2) is 53.6 Å². The Morgan fingerprint density at radius 3 is 2.37 bits per heavy atom. The number of amides is 1. The molecule has 0 unspecified atom stereocenters. The second-order valence-electron chi connectivity index (χ2n) is 6.06. The summed E-state index contributed by atoms with van der Waals surface area (Å²) in [6.45, 7) is 4.87. The van der Waals surface area contributed by atoms with Crippen LogP contribution in [0.4, 0.5) is 11.5 Å². The molecule has 2 aromatic rings. The van der Waals surface area contributed by atoms with E-state index in [1.165, 1.54) is 16.6 Å². The predicted molar refractivity (Wildman–Crippen MR) is 107 cm³/mol. The van der Waals surface area contributed by atoms with Crippen LogP contribution in [0, 0.1) is 0 Å². The Labute approximate surface area is 161 Å². The maximum absolute atomic E-state index is 12.9. The molecule has 0 saturated carbocycles. The second-order valence-corrected chi connectivity index (χ2v) is 7.93. The molecule has 0 saturated heterocycles. The lowest BCUT2D eigenvalue weighted by Crippen LogP contribution is -2.36. The van der Waals surface area contributed by atoms with Crippen molar-refractivity contribution < 1.29 is 13.2 Å². The van der Waals surface area contributed by atoms with Crippen molar-refractivity contribution in [1.29, 1.82) is 0 Å². The van der Waals surface area contributed by atoms with E-state index in [4.69, 9.17) is 0 Å². The predicted octanol–water partition coefficient (Wildman–Crippen LogP) is 2.26. The number of likely N-dealkylation sites (N-methyl/N-ethyl adjacent to an activating group) is 1. The Morgan fingerprint density at radius 1 is 1.11 bits per heavy atom. The molecule has 0 spiro atoms. The quantitative estimate of drug-likeness (QED) is 0.710. The van der Waals surface area contributed by atoms with Crippen LogP contribution < -0.4 is 14.5 Å². The molecule has 2 rings (SSSR count). The van der Waals surface area contributed by atoms with Gasteiger partial charge in [-0.25, -0.2) is 13.4 Å². The Bertz CT molecular complexity index is 839. The third-order valence-corrected chi connectivity index (χ3v) is 5.87. The Hall–Kier alpha value is -2.61.